The van der Waals surface area contributed by atoms with Gasteiger partial charge in [0.05, 0.1) is 0 Å². The van der Waals surface area contributed by atoms with E-state index in [-0.39, 0.29) is 0 Å². The largest absolute Gasteiger partial charge is 0.383 e. The second-order valence-corrected chi connectivity index (χ2v) is 5.62. The molecule has 0 radical (unpaired) electrons. The Morgan fingerprint density at radius 1 is 1.15 bits per heavy atom. The molecule has 20 heavy (non-hydrogen) atoms. The third-order valence-electron chi connectivity index (χ3n) is 3.38. The Morgan fingerprint density at radius 2 is 1.90 bits per heavy atom. The van der Waals surface area contributed by atoms with Crippen molar-refractivity contribution in [3.8, 4) is 0 Å². The summed E-state index contributed by atoms with van der Waals surface area (Å²) in [6.07, 6.45) is 1.95. The highest BCUT2D eigenvalue weighted by molar-refractivity contribution is 6.02. The highest BCUT2D eigenvalue weighted by Gasteiger charge is 2.10. The lowest BCUT2D eigenvalue weighted by molar-refractivity contribution is 0.425. The predicted molar refractivity (Wildman–Crippen MR) is 87.9 cm³/mol. The van der Waals surface area contributed by atoms with Crippen molar-refractivity contribution in [1.82, 2.24) is 9.88 Å². The van der Waals surface area contributed by atoms with Gasteiger partial charge in [0.1, 0.15) is 5.82 Å². The van der Waals surface area contributed by atoms with Crippen molar-refractivity contribution >= 4 is 22.3 Å². The van der Waals surface area contributed by atoms with E-state index in [4.69, 9.17) is 0 Å². The number of aromatic nitrogens is 1. The summed E-state index contributed by atoms with van der Waals surface area (Å²) in [5.74, 6) is 1.02. The first-order valence-electron chi connectivity index (χ1n) is 6.95. The number of hydrogen-bond donors (Lipinski definition) is 1. The van der Waals surface area contributed by atoms with Gasteiger partial charge in [0.2, 0.25) is 0 Å². The Bertz CT molecular complexity index is 590. The fraction of sp³-hybridized carbons (Fsp3) is 0.438. The summed E-state index contributed by atoms with van der Waals surface area (Å²) in [4.78, 5) is 8.78. The molecule has 0 atom stereocenters. The van der Waals surface area contributed by atoms with Crippen molar-refractivity contribution < 1.29 is 0 Å². The van der Waals surface area contributed by atoms with Crippen molar-refractivity contribution in [2.45, 2.75) is 6.92 Å². The van der Waals surface area contributed by atoms with E-state index in [1.807, 2.05) is 20.3 Å². The maximum atomic E-state index is 4.55. The van der Waals surface area contributed by atoms with Crippen LogP contribution < -0.4 is 10.2 Å². The maximum absolute atomic E-state index is 4.55. The number of nitrogens with one attached hydrogen (secondary N) is 1. The van der Waals surface area contributed by atoms with Crippen LogP contribution >= 0.6 is 0 Å². The molecule has 0 amide bonds. The van der Waals surface area contributed by atoms with E-state index in [0.29, 0.717) is 0 Å². The van der Waals surface area contributed by atoms with Gasteiger partial charge in [-0.3, -0.25) is 0 Å². The second kappa shape index (κ2) is 6.09. The zero-order valence-corrected chi connectivity index (χ0v) is 13.1. The lowest BCUT2D eigenvalue weighted by Crippen LogP contribution is -2.21. The molecule has 0 aliphatic heterocycles. The maximum Gasteiger partial charge on any atom is 0.135 e. The molecular formula is C16H24N4. The summed E-state index contributed by atoms with van der Waals surface area (Å²) < 4.78 is 0. The highest BCUT2D eigenvalue weighted by Crippen LogP contribution is 2.31. The Morgan fingerprint density at radius 3 is 2.55 bits per heavy atom. The Labute approximate surface area is 121 Å². The van der Waals surface area contributed by atoms with Crippen LogP contribution in [-0.2, 0) is 0 Å². The van der Waals surface area contributed by atoms with Crippen LogP contribution in [0.2, 0.25) is 0 Å². The van der Waals surface area contributed by atoms with Crippen LogP contribution in [0.1, 0.15) is 5.56 Å². The molecule has 1 N–H and O–H groups in total. The molecule has 0 saturated carbocycles. The van der Waals surface area contributed by atoms with Gasteiger partial charge in [0.15, 0.2) is 0 Å². The van der Waals surface area contributed by atoms with Crippen LogP contribution in [0.4, 0.5) is 11.5 Å². The molecule has 0 aliphatic carbocycles. The number of benzene rings is 1. The molecule has 1 aromatic carbocycles. The van der Waals surface area contributed by atoms with Crippen LogP contribution in [0.15, 0.2) is 24.4 Å². The van der Waals surface area contributed by atoms with Crippen LogP contribution in [0, 0.1) is 6.92 Å². The van der Waals surface area contributed by atoms with E-state index in [2.05, 4.69) is 59.3 Å². The van der Waals surface area contributed by atoms with E-state index in [1.165, 1.54) is 22.0 Å². The van der Waals surface area contributed by atoms with E-state index in [1.54, 1.807) is 0 Å². The first kappa shape index (κ1) is 14.6. The third-order valence-corrected chi connectivity index (χ3v) is 3.38. The normalized spacial score (nSPS) is 11.1. The molecule has 1 heterocycles. The summed E-state index contributed by atoms with van der Waals surface area (Å²) in [7, 11) is 8.24. The third kappa shape index (κ3) is 3.02. The van der Waals surface area contributed by atoms with Gasteiger partial charge in [-0.1, -0.05) is 12.1 Å². The molecule has 0 bridgehead atoms. The van der Waals surface area contributed by atoms with Crippen molar-refractivity contribution in [2.75, 3.05) is 51.5 Å². The molecule has 0 aliphatic rings. The average molecular weight is 272 g/mol. The molecule has 0 spiro atoms. The van der Waals surface area contributed by atoms with E-state index in [9.17, 15) is 0 Å². The van der Waals surface area contributed by atoms with Crippen LogP contribution in [0.25, 0.3) is 10.8 Å². The number of hydrogen-bond acceptors (Lipinski definition) is 4. The molecule has 2 aromatic rings. The smallest absolute Gasteiger partial charge is 0.135 e. The fourth-order valence-electron chi connectivity index (χ4n) is 2.37. The van der Waals surface area contributed by atoms with E-state index < -0.39 is 0 Å². The SMILES string of the molecule is Cc1cnc(N(C)C)c2cccc(NCCN(C)C)c12. The molecule has 0 saturated heterocycles. The van der Waals surface area contributed by atoms with E-state index in [0.717, 1.165) is 18.9 Å². The average Bonchev–Trinajstić information content (AvgIpc) is 2.38. The molecule has 0 unspecified atom stereocenters. The number of pyridine rings is 1. The molecular weight excluding hydrogens is 248 g/mol. The molecule has 0 fully saturated rings. The lowest BCUT2D eigenvalue weighted by atomic mass is 10.1. The van der Waals surface area contributed by atoms with Gasteiger partial charge in [-0.2, -0.15) is 0 Å². The number of rotatable bonds is 5. The first-order chi connectivity index (χ1) is 9.50. The molecule has 1 aromatic heterocycles. The van der Waals surface area contributed by atoms with Gasteiger partial charge in [-0.15, -0.1) is 0 Å². The van der Waals surface area contributed by atoms with Gasteiger partial charge in [-0.25, -0.2) is 4.98 Å². The number of aryl methyl sites for hydroxylation is 1. The van der Waals surface area contributed by atoms with Gasteiger partial charge in [0.25, 0.3) is 0 Å². The Kier molecular flexibility index (Phi) is 4.45. The number of anilines is 2. The van der Waals surface area contributed by atoms with Crippen LogP contribution in [0.3, 0.4) is 0 Å². The molecule has 4 heteroatoms. The van der Waals surface area contributed by atoms with Gasteiger partial charge in [-0.05, 0) is 32.6 Å². The minimum absolute atomic E-state index is 0.936. The Hall–Kier alpha value is -1.81. The monoisotopic (exact) mass is 272 g/mol. The quantitative estimate of drug-likeness (QED) is 0.906. The fourth-order valence-corrected chi connectivity index (χ4v) is 2.37. The second-order valence-electron chi connectivity index (χ2n) is 5.62. The summed E-state index contributed by atoms with van der Waals surface area (Å²) in [5.41, 5.74) is 2.39. The number of fused-ring (bicyclic) bond motifs is 1. The summed E-state index contributed by atoms with van der Waals surface area (Å²) in [6, 6.07) is 6.38. The number of nitrogens with zero attached hydrogens (tertiary/aromatic N) is 3. The van der Waals surface area contributed by atoms with Crippen molar-refractivity contribution in [3.63, 3.8) is 0 Å². The van der Waals surface area contributed by atoms with Gasteiger partial charge in [0, 0.05) is 49.8 Å². The van der Waals surface area contributed by atoms with Gasteiger partial charge >= 0.3 is 0 Å². The zero-order chi connectivity index (χ0) is 14.7. The Balaban J connectivity index is 2.43. The standard InChI is InChI=1S/C16H24N4/c1-12-11-18-16(20(4)5)13-7-6-8-14(15(12)13)17-9-10-19(2)3/h6-8,11,17H,9-10H2,1-5H3. The van der Waals surface area contributed by atoms with Crippen molar-refractivity contribution in [2.24, 2.45) is 0 Å². The highest BCUT2D eigenvalue weighted by atomic mass is 15.1. The van der Waals surface area contributed by atoms with Crippen LogP contribution in [-0.4, -0.2) is 51.2 Å². The minimum Gasteiger partial charge on any atom is -0.383 e. The summed E-state index contributed by atoms with van der Waals surface area (Å²) >= 11 is 0. The van der Waals surface area contributed by atoms with Crippen molar-refractivity contribution in [3.05, 3.63) is 30.0 Å². The summed E-state index contributed by atoms with van der Waals surface area (Å²) in [5, 5.41) is 6.01. The zero-order valence-electron chi connectivity index (χ0n) is 13.1. The van der Waals surface area contributed by atoms with E-state index >= 15 is 0 Å². The molecule has 2 rings (SSSR count). The number of likely N-dealkylation sites (N-methyl/N-ethyl adjacent to an activating group) is 1. The van der Waals surface area contributed by atoms with Crippen LogP contribution in [0.5, 0.6) is 0 Å². The molecule has 108 valence electrons. The minimum atomic E-state index is 0.936. The molecule has 4 nitrogen and oxygen atoms in total. The van der Waals surface area contributed by atoms with Gasteiger partial charge < -0.3 is 15.1 Å². The topological polar surface area (TPSA) is 31.4 Å². The predicted octanol–water partition coefficient (Wildman–Crippen LogP) is 2.58. The summed E-state index contributed by atoms with van der Waals surface area (Å²) in [6.45, 7) is 4.07. The lowest BCUT2D eigenvalue weighted by Gasteiger charge is -2.18. The first-order valence-corrected chi connectivity index (χ1v) is 6.95. The van der Waals surface area contributed by atoms with Crippen molar-refractivity contribution in [1.29, 1.82) is 0 Å².